The molecule has 2 aliphatic carbocycles. The summed E-state index contributed by atoms with van der Waals surface area (Å²) in [7, 11) is 0. The third kappa shape index (κ3) is 8.11. The molecule has 0 spiro atoms. The molecule has 0 aromatic carbocycles. The molecule has 0 N–H and O–H groups in total. The van der Waals surface area contributed by atoms with Gasteiger partial charge in [0.25, 0.3) is 0 Å². The lowest BCUT2D eigenvalue weighted by Gasteiger charge is -1.99. The van der Waals surface area contributed by atoms with Crippen LogP contribution in [-0.2, 0) is 0 Å². The van der Waals surface area contributed by atoms with Gasteiger partial charge in [-0.1, -0.05) is 92.3 Å². The molecule has 2 rings (SSSR count). The molecular formula is C18H34. The molecule has 0 nitrogen and oxygen atoms in total. The highest BCUT2D eigenvalue weighted by Crippen LogP contribution is 2.27. The molecule has 0 heterocycles. The van der Waals surface area contributed by atoms with Crippen molar-refractivity contribution in [1.29, 1.82) is 0 Å². The molecule has 0 radical (unpaired) electrons. The maximum absolute atomic E-state index is 2.34. The first-order valence-corrected chi connectivity index (χ1v) is 7.12. The molecule has 106 valence electrons. The topological polar surface area (TPSA) is 0 Å². The van der Waals surface area contributed by atoms with Gasteiger partial charge in [0.15, 0.2) is 0 Å². The van der Waals surface area contributed by atoms with E-state index in [1.807, 2.05) is 41.5 Å². The predicted molar refractivity (Wildman–Crippen MR) is 89.0 cm³/mol. The molecule has 0 amide bonds. The number of fused-ring (bicyclic) bond motifs is 1. The molecule has 0 fully saturated rings. The summed E-state index contributed by atoms with van der Waals surface area (Å²) in [6.07, 6.45) is 14.5. The summed E-state index contributed by atoms with van der Waals surface area (Å²) in [4.78, 5) is 0. The quantitative estimate of drug-likeness (QED) is 0.447. The molecule has 0 saturated heterocycles. The second kappa shape index (κ2) is 16.0. The van der Waals surface area contributed by atoms with Crippen LogP contribution in [0.2, 0.25) is 0 Å². The highest BCUT2D eigenvalue weighted by atomic mass is 14.1. The van der Waals surface area contributed by atoms with E-state index >= 15 is 0 Å². The first kappa shape index (κ1) is 22.2. The normalized spacial score (nSPS) is 17.8. The van der Waals surface area contributed by atoms with Crippen LogP contribution in [0.1, 0.15) is 62.3 Å². The van der Waals surface area contributed by atoms with Crippen LogP contribution in [0.3, 0.4) is 0 Å². The molecule has 0 bridgehead atoms. The van der Waals surface area contributed by atoms with Crippen molar-refractivity contribution in [3.63, 3.8) is 0 Å². The SMILES string of the molecule is C.CC.CC.CC.CC1C=CC=C2C=CCC2=C1. The maximum atomic E-state index is 2.34. The van der Waals surface area contributed by atoms with E-state index in [1.54, 1.807) is 0 Å². The van der Waals surface area contributed by atoms with E-state index in [1.165, 1.54) is 11.1 Å². The lowest BCUT2D eigenvalue weighted by Crippen LogP contribution is -1.84. The maximum Gasteiger partial charge on any atom is -0.00726 e. The lowest BCUT2D eigenvalue weighted by molar-refractivity contribution is 0.928. The number of hydrogen-bond acceptors (Lipinski definition) is 0. The molecule has 2 aliphatic rings. The monoisotopic (exact) mass is 250 g/mol. The molecule has 0 saturated carbocycles. The van der Waals surface area contributed by atoms with Crippen LogP contribution in [0.5, 0.6) is 0 Å². The van der Waals surface area contributed by atoms with Crippen molar-refractivity contribution in [2.45, 2.75) is 62.3 Å². The molecule has 18 heavy (non-hydrogen) atoms. The van der Waals surface area contributed by atoms with Crippen LogP contribution in [-0.4, -0.2) is 0 Å². The van der Waals surface area contributed by atoms with Gasteiger partial charge >= 0.3 is 0 Å². The molecule has 0 heteroatoms. The molecular weight excluding hydrogens is 216 g/mol. The van der Waals surface area contributed by atoms with Crippen LogP contribution in [0.25, 0.3) is 0 Å². The number of allylic oxidation sites excluding steroid dienone is 8. The first-order valence-electron chi connectivity index (χ1n) is 7.12. The summed E-state index contributed by atoms with van der Waals surface area (Å²) in [6, 6.07) is 0. The standard InChI is InChI=1S/C11H12.3C2H6.CH4/c1-9-4-2-5-10-6-3-7-11(10)8-9;3*1-2;/h2-6,8-9H,7H2,1H3;3*1-2H3;1H4. The Morgan fingerprint density at radius 3 is 2.11 bits per heavy atom. The third-order valence-corrected chi connectivity index (χ3v) is 2.16. The van der Waals surface area contributed by atoms with Gasteiger partial charge in [0.2, 0.25) is 0 Å². The first-order chi connectivity index (χ1) is 8.36. The van der Waals surface area contributed by atoms with Gasteiger partial charge in [-0.05, 0) is 23.5 Å². The van der Waals surface area contributed by atoms with E-state index in [2.05, 4.69) is 43.4 Å². The number of rotatable bonds is 0. The van der Waals surface area contributed by atoms with Crippen molar-refractivity contribution in [2.24, 2.45) is 5.92 Å². The Morgan fingerprint density at radius 1 is 1.00 bits per heavy atom. The van der Waals surface area contributed by atoms with Crippen molar-refractivity contribution >= 4 is 0 Å². The van der Waals surface area contributed by atoms with Crippen molar-refractivity contribution in [2.75, 3.05) is 0 Å². The van der Waals surface area contributed by atoms with Crippen LogP contribution < -0.4 is 0 Å². The highest BCUT2D eigenvalue weighted by Gasteiger charge is 2.08. The molecule has 1 atom stereocenters. The average molecular weight is 250 g/mol. The van der Waals surface area contributed by atoms with E-state index in [4.69, 9.17) is 0 Å². The van der Waals surface area contributed by atoms with Crippen molar-refractivity contribution in [3.8, 4) is 0 Å². The zero-order chi connectivity index (χ0) is 13.7. The Morgan fingerprint density at radius 2 is 1.56 bits per heavy atom. The van der Waals surface area contributed by atoms with E-state index in [0.29, 0.717) is 5.92 Å². The minimum Gasteiger partial charge on any atom is -0.0795 e. The fourth-order valence-electron chi connectivity index (χ4n) is 1.57. The Kier molecular flexibility index (Phi) is 19.7. The smallest absolute Gasteiger partial charge is 0.00726 e. The second-order valence-corrected chi connectivity index (χ2v) is 3.16. The molecule has 0 aliphatic heterocycles. The zero-order valence-electron chi connectivity index (χ0n) is 12.7. The van der Waals surface area contributed by atoms with Crippen LogP contribution in [0, 0.1) is 5.92 Å². The second-order valence-electron chi connectivity index (χ2n) is 3.16. The predicted octanol–water partition coefficient (Wildman–Crippen LogP) is 6.72. The lowest BCUT2D eigenvalue weighted by atomic mass is 10.1. The van der Waals surface area contributed by atoms with Gasteiger partial charge in [0.05, 0.1) is 0 Å². The summed E-state index contributed by atoms with van der Waals surface area (Å²) in [6.45, 7) is 14.2. The Hall–Kier alpha value is -1.04. The molecule has 0 aromatic heterocycles. The third-order valence-electron chi connectivity index (χ3n) is 2.16. The van der Waals surface area contributed by atoms with Gasteiger partial charge in [-0.25, -0.2) is 0 Å². The Labute approximate surface area is 116 Å². The summed E-state index contributed by atoms with van der Waals surface area (Å²) in [5.41, 5.74) is 2.88. The molecule has 0 aromatic rings. The largest absolute Gasteiger partial charge is 0.0795 e. The fourth-order valence-corrected chi connectivity index (χ4v) is 1.57. The van der Waals surface area contributed by atoms with Crippen LogP contribution in [0.4, 0.5) is 0 Å². The van der Waals surface area contributed by atoms with E-state index in [0.717, 1.165) is 6.42 Å². The average Bonchev–Trinajstić information content (AvgIpc) is 2.77. The van der Waals surface area contributed by atoms with Gasteiger partial charge in [-0.2, -0.15) is 0 Å². The fraction of sp³-hybridized carbons (Fsp3) is 0.556. The van der Waals surface area contributed by atoms with Gasteiger partial charge in [-0.3, -0.25) is 0 Å². The zero-order valence-corrected chi connectivity index (χ0v) is 12.7. The van der Waals surface area contributed by atoms with Crippen LogP contribution >= 0.6 is 0 Å². The van der Waals surface area contributed by atoms with E-state index < -0.39 is 0 Å². The number of hydrogen-bond donors (Lipinski definition) is 0. The summed E-state index contributed by atoms with van der Waals surface area (Å²) >= 11 is 0. The van der Waals surface area contributed by atoms with Crippen molar-refractivity contribution < 1.29 is 0 Å². The van der Waals surface area contributed by atoms with E-state index in [-0.39, 0.29) is 7.43 Å². The summed E-state index contributed by atoms with van der Waals surface area (Å²) in [5.74, 6) is 0.596. The van der Waals surface area contributed by atoms with Gasteiger partial charge in [-0.15, -0.1) is 0 Å². The highest BCUT2D eigenvalue weighted by molar-refractivity contribution is 5.49. The van der Waals surface area contributed by atoms with Crippen LogP contribution in [0.15, 0.2) is 47.6 Å². The summed E-state index contributed by atoms with van der Waals surface area (Å²) < 4.78 is 0. The van der Waals surface area contributed by atoms with Crippen molar-refractivity contribution in [3.05, 3.63) is 47.6 Å². The van der Waals surface area contributed by atoms with Gasteiger partial charge in [0, 0.05) is 0 Å². The van der Waals surface area contributed by atoms with Gasteiger partial charge in [0.1, 0.15) is 0 Å². The summed E-state index contributed by atoms with van der Waals surface area (Å²) in [5, 5.41) is 0. The van der Waals surface area contributed by atoms with Crippen molar-refractivity contribution in [1.82, 2.24) is 0 Å². The Balaban J connectivity index is -0.000000285. The minimum absolute atomic E-state index is 0. The van der Waals surface area contributed by atoms with E-state index in [9.17, 15) is 0 Å². The molecule has 1 unspecified atom stereocenters. The van der Waals surface area contributed by atoms with Gasteiger partial charge < -0.3 is 0 Å². The minimum atomic E-state index is 0. The Bertz CT molecular complexity index is 274.